The Labute approximate surface area is 173 Å². The first-order chi connectivity index (χ1) is 14.5. The number of alkyl halides is 2. The Hall–Kier alpha value is -3.27. The Kier molecular flexibility index (Phi) is 5.75. The van der Waals surface area contributed by atoms with E-state index in [0.29, 0.717) is 11.1 Å². The van der Waals surface area contributed by atoms with Crippen molar-refractivity contribution in [3.8, 4) is 28.0 Å². The molecule has 30 heavy (non-hydrogen) atoms. The molecule has 0 radical (unpaired) electrons. The molecule has 0 heterocycles. The lowest BCUT2D eigenvalue weighted by Gasteiger charge is -2.10. The van der Waals surface area contributed by atoms with Gasteiger partial charge in [-0.05, 0) is 63.7 Å². The van der Waals surface area contributed by atoms with E-state index in [9.17, 15) is 13.2 Å². The van der Waals surface area contributed by atoms with E-state index in [0.717, 1.165) is 29.4 Å². The molecule has 0 saturated heterocycles. The van der Waals surface area contributed by atoms with Crippen molar-refractivity contribution in [3.05, 3.63) is 90.2 Å². The van der Waals surface area contributed by atoms with Gasteiger partial charge in [0.15, 0.2) is 0 Å². The van der Waals surface area contributed by atoms with E-state index in [-0.39, 0.29) is 11.6 Å². The van der Waals surface area contributed by atoms with Crippen LogP contribution in [0.3, 0.4) is 0 Å². The molecule has 0 amide bonds. The maximum absolute atomic E-state index is 14.8. The molecular weight excluding hydrogens is 385 g/mol. The van der Waals surface area contributed by atoms with Gasteiger partial charge in [-0.2, -0.15) is 8.78 Å². The summed E-state index contributed by atoms with van der Waals surface area (Å²) in [7, 11) is 0. The van der Waals surface area contributed by atoms with Crippen LogP contribution in [0.25, 0.3) is 33.0 Å². The van der Waals surface area contributed by atoms with Crippen molar-refractivity contribution >= 4 is 10.8 Å². The molecule has 0 fully saturated rings. The maximum atomic E-state index is 14.8. The molecule has 0 aliphatic rings. The quantitative estimate of drug-likeness (QED) is 0.317. The number of hydrogen-bond donors (Lipinski definition) is 0. The summed E-state index contributed by atoms with van der Waals surface area (Å²) in [6.45, 7) is -0.719. The number of hydrogen-bond acceptors (Lipinski definition) is 1. The molecule has 0 aliphatic heterocycles. The topological polar surface area (TPSA) is 9.23 Å². The molecular formula is C26H21F3O. The lowest BCUT2D eigenvalue weighted by Crippen LogP contribution is -2.01. The van der Waals surface area contributed by atoms with Gasteiger partial charge < -0.3 is 4.74 Å². The molecule has 0 saturated carbocycles. The molecule has 0 unspecified atom stereocenters. The first-order valence-electron chi connectivity index (χ1n) is 9.91. The van der Waals surface area contributed by atoms with Crippen LogP contribution in [0.5, 0.6) is 5.75 Å². The van der Waals surface area contributed by atoms with Gasteiger partial charge in [0, 0.05) is 5.56 Å². The molecule has 4 heteroatoms. The number of benzene rings is 4. The standard InChI is InChI=1S/C26H21F3O/c1-2-3-17-4-5-20-15-21(7-6-19(20)14-17)22-10-13-24(25(27)16-22)18-8-11-23(12-9-18)30-26(28)29/h4-16,26H,2-3H2,1H3. The van der Waals surface area contributed by atoms with Crippen LogP contribution in [0.15, 0.2) is 78.9 Å². The molecule has 0 spiro atoms. The highest BCUT2D eigenvalue weighted by molar-refractivity contribution is 5.88. The average Bonchev–Trinajstić information content (AvgIpc) is 2.74. The molecule has 1 nitrogen and oxygen atoms in total. The Morgan fingerprint density at radius 1 is 0.733 bits per heavy atom. The summed E-state index contributed by atoms with van der Waals surface area (Å²) >= 11 is 0. The van der Waals surface area contributed by atoms with Gasteiger partial charge in [-0.3, -0.25) is 0 Å². The minimum atomic E-state index is -2.88. The summed E-state index contributed by atoms with van der Waals surface area (Å²) in [5.41, 5.74) is 4.05. The Balaban J connectivity index is 1.61. The second-order valence-corrected chi connectivity index (χ2v) is 7.24. The van der Waals surface area contributed by atoms with Gasteiger partial charge in [-0.25, -0.2) is 4.39 Å². The van der Waals surface area contributed by atoms with E-state index in [1.165, 1.54) is 29.1 Å². The second kappa shape index (κ2) is 8.62. The highest BCUT2D eigenvalue weighted by Gasteiger charge is 2.10. The first kappa shape index (κ1) is 20.0. The number of rotatable bonds is 6. The SMILES string of the molecule is CCCc1ccc2cc(-c3ccc(-c4ccc(OC(F)F)cc4)c(F)c3)ccc2c1. The fraction of sp³-hybridized carbons (Fsp3) is 0.154. The Morgan fingerprint density at radius 2 is 1.37 bits per heavy atom. The highest BCUT2D eigenvalue weighted by atomic mass is 19.3. The van der Waals surface area contributed by atoms with E-state index in [4.69, 9.17) is 0 Å². The molecule has 4 rings (SSSR count). The van der Waals surface area contributed by atoms with Crippen molar-refractivity contribution in [3.63, 3.8) is 0 Å². The largest absolute Gasteiger partial charge is 0.435 e. The van der Waals surface area contributed by atoms with Crippen LogP contribution in [0.2, 0.25) is 0 Å². The highest BCUT2D eigenvalue weighted by Crippen LogP contribution is 2.31. The van der Waals surface area contributed by atoms with Crippen molar-refractivity contribution in [2.45, 2.75) is 26.4 Å². The summed E-state index contributed by atoms with van der Waals surface area (Å²) in [4.78, 5) is 0. The van der Waals surface area contributed by atoms with Crippen LogP contribution in [0.1, 0.15) is 18.9 Å². The van der Waals surface area contributed by atoms with E-state index in [1.807, 2.05) is 12.1 Å². The minimum Gasteiger partial charge on any atom is -0.435 e. The van der Waals surface area contributed by atoms with Gasteiger partial charge in [0.25, 0.3) is 0 Å². The van der Waals surface area contributed by atoms with Gasteiger partial charge in [-0.15, -0.1) is 0 Å². The number of aryl methyl sites for hydroxylation is 1. The van der Waals surface area contributed by atoms with Gasteiger partial charge in [0.1, 0.15) is 11.6 Å². The van der Waals surface area contributed by atoms with Crippen LogP contribution in [0.4, 0.5) is 13.2 Å². The van der Waals surface area contributed by atoms with Crippen molar-refractivity contribution in [2.24, 2.45) is 0 Å². The summed E-state index contributed by atoms with van der Waals surface area (Å²) < 4.78 is 43.7. The normalized spacial score (nSPS) is 11.2. The zero-order valence-electron chi connectivity index (χ0n) is 16.5. The van der Waals surface area contributed by atoms with E-state index in [2.05, 4.69) is 42.0 Å². The van der Waals surface area contributed by atoms with Crippen LogP contribution in [0, 0.1) is 5.82 Å². The smallest absolute Gasteiger partial charge is 0.387 e. The fourth-order valence-corrected chi connectivity index (χ4v) is 3.66. The lowest BCUT2D eigenvalue weighted by atomic mass is 9.97. The Morgan fingerprint density at radius 3 is 2.07 bits per heavy atom. The monoisotopic (exact) mass is 406 g/mol. The van der Waals surface area contributed by atoms with E-state index in [1.54, 1.807) is 18.2 Å². The van der Waals surface area contributed by atoms with Crippen molar-refractivity contribution < 1.29 is 17.9 Å². The third kappa shape index (κ3) is 4.33. The van der Waals surface area contributed by atoms with Crippen molar-refractivity contribution in [1.82, 2.24) is 0 Å². The number of halogens is 3. The summed E-state index contributed by atoms with van der Waals surface area (Å²) in [5.74, 6) is -0.322. The summed E-state index contributed by atoms with van der Waals surface area (Å²) in [5, 5.41) is 2.29. The second-order valence-electron chi connectivity index (χ2n) is 7.24. The van der Waals surface area contributed by atoms with Crippen LogP contribution in [-0.4, -0.2) is 6.61 Å². The third-order valence-electron chi connectivity index (χ3n) is 5.14. The molecule has 0 aliphatic carbocycles. The average molecular weight is 406 g/mol. The predicted molar refractivity (Wildman–Crippen MR) is 115 cm³/mol. The van der Waals surface area contributed by atoms with Crippen LogP contribution in [-0.2, 0) is 6.42 Å². The van der Waals surface area contributed by atoms with Gasteiger partial charge >= 0.3 is 6.61 Å². The molecule has 0 atom stereocenters. The molecule has 4 aromatic carbocycles. The maximum Gasteiger partial charge on any atom is 0.387 e. The van der Waals surface area contributed by atoms with Gasteiger partial charge in [0.2, 0.25) is 0 Å². The van der Waals surface area contributed by atoms with E-state index < -0.39 is 6.61 Å². The van der Waals surface area contributed by atoms with Crippen LogP contribution < -0.4 is 4.74 Å². The van der Waals surface area contributed by atoms with Crippen molar-refractivity contribution in [1.29, 1.82) is 0 Å². The first-order valence-corrected chi connectivity index (χ1v) is 9.91. The molecule has 0 aromatic heterocycles. The van der Waals surface area contributed by atoms with Gasteiger partial charge in [0.05, 0.1) is 0 Å². The zero-order valence-corrected chi connectivity index (χ0v) is 16.5. The summed E-state index contributed by atoms with van der Waals surface area (Å²) in [6.07, 6.45) is 2.16. The molecule has 4 aromatic rings. The van der Waals surface area contributed by atoms with Crippen molar-refractivity contribution in [2.75, 3.05) is 0 Å². The Bertz CT molecular complexity index is 1170. The summed E-state index contributed by atoms with van der Waals surface area (Å²) in [6, 6.07) is 23.6. The van der Waals surface area contributed by atoms with Gasteiger partial charge in [-0.1, -0.05) is 67.9 Å². The zero-order chi connectivity index (χ0) is 21.1. The van der Waals surface area contributed by atoms with Crippen LogP contribution >= 0.6 is 0 Å². The fourth-order valence-electron chi connectivity index (χ4n) is 3.66. The van der Waals surface area contributed by atoms with E-state index >= 15 is 0 Å². The lowest BCUT2D eigenvalue weighted by molar-refractivity contribution is -0.0498. The molecule has 0 N–H and O–H groups in total. The molecule has 152 valence electrons. The minimum absolute atomic E-state index is 0.0454. The predicted octanol–water partition coefficient (Wildman–Crippen LogP) is 7.87. The third-order valence-corrected chi connectivity index (χ3v) is 5.14. The number of ether oxygens (including phenoxy) is 1. The molecule has 0 bridgehead atoms. The number of fused-ring (bicyclic) bond motifs is 1.